The topological polar surface area (TPSA) is 135 Å². The van der Waals surface area contributed by atoms with Crippen molar-refractivity contribution in [3.63, 3.8) is 0 Å². The number of fused-ring (bicyclic) bond motifs is 2. The molecule has 0 saturated carbocycles. The van der Waals surface area contributed by atoms with E-state index in [1.165, 1.54) is 4.31 Å². The van der Waals surface area contributed by atoms with Gasteiger partial charge in [-0.05, 0) is 30.3 Å². The number of anilines is 2. The number of thioether (sulfide) groups is 1. The summed E-state index contributed by atoms with van der Waals surface area (Å²) in [6.07, 6.45) is 3.66. The Balaban J connectivity index is 1.21. The smallest absolute Gasteiger partial charge is 0.277 e. The number of nitrogens with two attached hydrogens (primary N) is 1. The Labute approximate surface area is 253 Å². The highest BCUT2D eigenvalue weighted by Crippen LogP contribution is 2.33. The molecule has 0 aliphatic carbocycles. The van der Waals surface area contributed by atoms with Gasteiger partial charge in [-0.3, -0.25) is 0 Å². The molecule has 0 atom stereocenters. The van der Waals surface area contributed by atoms with E-state index in [0.717, 1.165) is 63.1 Å². The molecule has 4 aromatic heterocycles. The first-order valence-corrected chi connectivity index (χ1v) is 16.6. The molecule has 0 bridgehead atoms. The third-order valence-corrected chi connectivity index (χ3v) is 9.82. The quantitative estimate of drug-likeness (QED) is 0.272. The van der Waals surface area contributed by atoms with E-state index in [2.05, 4.69) is 21.9 Å². The second-order valence-electron chi connectivity index (χ2n) is 10.4. The maximum atomic E-state index is 11.7. The molecule has 2 fully saturated rings. The number of aromatic nitrogens is 5. The Morgan fingerprint density at radius 2 is 1.70 bits per heavy atom. The van der Waals surface area contributed by atoms with Crippen molar-refractivity contribution < 1.29 is 13.2 Å². The van der Waals surface area contributed by atoms with Crippen molar-refractivity contribution in [3.8, 4) is 11.3 Å². The molecule has 7 rings (SSSR count). The molecule has 1 aromatic carbocycles. The minimum absolute atomic E-state index is 0.327. The van der Waals surface area contributed by atoms with Gasteiger partial charge in [-0.2, -0.15) is 17.8 Å². The molecule has 6 heterocycles. The number of benzene rings is 1. The summed E-state index contributed by atoms with van der Waals surface area (Å²) < 4.78 is 32.2. The predicted octanol–water partition coefficient (Wildman–Crippen LogP) is 2.79. The van der Waals surface area contributed by atoms with Gasteiger partial charge in [-0.1, -0.05) is 36.0 Å². The minimum Gasteiger partial charge on any atom is -0.378 e. The highest BCUT2D eigenvalue weighted by molar-refractivity contribution is 7.98. The molecule has 0 unspecified atom stereocenters. The zero-order chi connectivity index (χ0) is 29.4. The third-order valence-electron chi connectivity index (χ3n) is 7.80. The number of ether oxygens (including phenoxy) is 1. The fourth-order valence-corrected chi connectivity index (χ4v) is 7.06. The van der Waals surface area contributed by atoms with Crippen LogP contribution in [0, 0.1) is 0 Å². The molecular formula is C29H31N9O3S2. The minimum atomic E-state index is -3.69. The van der Waals surface area contributed by atoms with Crippen molar-refractivity contribution in [2.75, 3.05) is 62.3 Å². The summed E-state index contributed by atoms with van der Waals surface area (Å²) in [6.45, 7) is 4.63. The first-order chi connectivity index (χ1) is 20.9. The van der Waals surface area contributed by atoms with Crippen LogP contribution in [0.5, 0.6) is 0 Å². The molecule has 43 heavy (non-hydrogen) atoms. The maximum Gasteiger partial charge on any atom is 0.277 e. The van der Waals surface area contributed by atoms with Crippen LogP contribution >= 0.6 is 11.8 Å². The summed E-state index contributed by atoms with van der Waals surface area (Å²) in [6, 6.07) is 18.3. The van der Waals surface area contributed by atoms with Crippen molar-refractivity contribution >= 4 is 50.0 Å². The van der Waals surface area contributed by atoms with Crippen LogP contribution in [0.25, 0.3) is 27.8 Å². The van der Waals surface area contributed by atoms with Crippen LogP contribution in [-0.2, 0) is 20.7 Å². The Hall–Kier alpha value is -3.82. The van der Waals surface area contributed by atoms with Gasteiger partial charge in [0.1, 0.15) is 5.82 Å². The lowest BCUT2D eigenvalue weighted by Gasteiger charge is -2.33. The van der Waals surface area contributed by atoms with Crippen LogP contribution in [-0.4, -0.2) is 89.8 Å². The number of imidazole rings is 1. The summed E-state index contributed by atoms with van der Waals surface area (Å²) in [5, 5.41) is 12.1. The van der Waals surface area contributed by atoms with E-state index in [-0.39, 0.29) is 0 Å². The molecule has 12 nitrogen and oxygen atoms in total. The first kappa shape index (κ1) is 28.0. The molecular weight excluding hydrogens is 587 g/mol. The summed E-state index contributed by atoms with van der Waals surface area (Å²) in [5.74, 6) is 1.38. The average molecular weight is 618 g/mol. The summed E-state index contributed by atoms with van der Waals surface area (Å²) in [7, 11) is -3.69. The van der Waals surface area contributed by atoms with Crippen LogP contribution in [0.4, 0.5) is 11.5 Å². The molecule has 2 aliphatic heterocycles. The second-order valence-corrected chi connectivity index (χ2v) is 13.0. The van der Waals surface area contributed by atoms with E-state index in [1.54, 1.807) is 11.8 Å². The van der Waals surface area contributed by atoms with E-state index in [9.17, 15) is 8.42 Å². The number of hydrogen-bond acceptors (Lipinski definition) is 10. The van der Waals surface area contributed by atoms with E-state index in [4.69, 9.17) is 29.9 Å². The van der Waals surface area contributed by atoms with Gasteiger partial charge < -0.3 is 14.5 Å². The van der Waals surface area contributed by atoms with Crippen LogP contribution in [0.1, 0.15) is 5.69 Å². The van der Waals surface area contributed by atoms with E-state index < -0.39 is 10.2 Å². The lowest BCUT2D eigenvalue weighted by atomic mass is 10.2. The SMILES string of the molecule is NS(=O)(=O)N1CCN(c2ccc(-c3c(CSc4ccc5ccccc5n4)nc4c(N5CCOCC5)ccnn34)cn2)CC1. The highest BCUT2D eigenvalue weighted by atomic mass is 32.2. The van der Waals surface area contributed by atoms with E-state index in [0.29, 0.717) is 45.1 Å². The largest absolute Gasteiger partial charge is 0.378 e. The van der Waals surface area contributed by atoms with Crippen LogP contribution < -0.4 is 14.9 Å². The molecule has 222 valence electrons. The number of pyridine rings is 2. The molecule has 0 amide bonds. The Bertz CT molecular complexity index is 1870. The Kier molecular flexibility index (Phi) is 7.61. The van der Waals surface area contributed by atoms with Crippen molar-refractivity contribution in [3.05, 3.63) is 72.7 Å². The highest BCUT2D eigenvalue weighted by Gasteiger charge is 2.25. The van der Waals surface area contributed by atoms with Crippen molar-refractivity contribution in [2.45, 2.75) is 10.8 Å². The van der Waals surface area contributed by atoms with Gasteiger partial charge in [0.25, 0.3) is 10.2 Å². The average Bonchev–Trinajstić information content (AvgIpc) is 3.42. The summed E-state index contributed by atoms with van der Waals surface area (Å²) in [4.78, 5) is 19.1. The lowest BCUT2D eigenvalue weighted by Crippen LogP contribution is -2.50. The lowest BCUT2D eigenvalue weighted by molar-refractivity contribution is 0.123. The van der Waals surface area contributed by atoms with E-state index >= 15 is 0 Å². The van der Waals surface area contributed by atoms with Crippen LogP contribution in [0.2, 0.25) is 0 Å². The number of nitrogens with zero attached hydrogens (tertiary/aromatic N) is 8. The number of morpholine rings is 1. The van der Waals surface area contributed by atoms with Gasteiger partial charge in [-0.25, -0.2) is 24.6 Å². The molecule has 0 spiro atoms. The number of para-hydroxylation sites is 1. The van der Waals surface area contributed by atoms with Crippen LogP contribution in [0.15, 0.2) is 72.0 Å². The predicted molar refractivity (Wildman–Crippen MR) is 167 cm³/mol. The van der Waals surface area contributed by atoms with Crippen molar-refractivity contribution in [2.24, 2.45) is 5.14 Å². The fraction of sp³-hybridized carbons (Fsp3) is 0.310. The number of hydrogen-bond donors (Lipinski definition) is 1. The van der Waals surface area contributed by atoms with Crippen molar-refractivity contribution in [1.82, 2.24) is 28.9 Å². The third kappa shape index (κ3) is 5.76. The summed E-state index contributed by atoms with van der Waals surface area (Å²) >= 11 is 1.64. The fourth-order valence-electron chi connectivity index (χ4n) is 5.58. The van der Waals surface area contributed by atoms with Crippen molar-refractivity contribution in [1.29, 1.82) is 0 Å². The Morgan fingerprint density at radius 3 is 2.47 bits per heavy atom. The van der Waals surface area contributed by atoms with Gasteiger partial charge in [-0.15, -0.1) is 0 Å². The molecule has 2 saturated heterocycles. The molecule has 2 N–H and O–H groups in total. The zero-order valence-electron chi connectivity index (χ0n) is 23.4. The van der Waals surface area contributed by atoms with Gasteiger partial charge in [0, 0.05) is 62.2 Å². The normalized spacial score (nSPS) is 16.8. The standard InChI is InChI=1S/C29H31N9O3S2/c30-43(39,40)37-13-11-36(12-14-37)26-7-5-22(19-31-26)28-24(20-42-27-8-6-21-3-1-2-4-23(21)33-27)34-29-25(9-10-32-38(28)29)35-15-17-41-18-16-35/h1-10,19H,11-18,20H2,(H2,30,39,40). The zero-order valence-corrected chi connectivity index (χ0v) is 25.0. The van der Waals surface area contributed by atoms with Crippen LogP contribution in [0.3, 0.4) is 0 Å². The molecule has 5 aromatic rings. The monoisotopic (exact) mass is 617 g/mol. The van der Waals surface area contributed by atoms with E-state index in [1.807, 2.05) is 59.4 Å². The summed E-state index contributed by atoms with van der Waals surface area (Å²) in [5.41, 5.74) is 5.46. The Morgan fingerprint density at radius 1 is 0.884 bits per heavy atom. The van der Waals surface area contributed by atoms with Gasteiger partial charge in [0.05, 0.1) is 47.0 Å². The molecule has 0 radical (unpaired) electrons. The second kappa shape index (κ2) is 11.7. The maximum absolute atomic E-state index is 11.7. The number of rotatable bonds is 7. The number of piperazine rings is 1. The molecule has 14 heteroatoms. The molecule has 2 aliphatic rings. The van der Waals surface area contributed by atoms with Gasteiger partial charge in [0.15, 0.2) is 5.65 Å². The van der Waals surface area contributed by atoms with Gasteiger partial charge >= 0.3 is 0 Å². The first-order valence-electron chi connectivity index (χ1n) is 14.1. The van der Waals surface area contributed by atoms with Gasteiger partial charge in [0.2, 0.25) is 0 Å².